The fourth-order valence-electron chi connectivity index (χ4n) is 2.39. The van der Waals surface area contributed by atoms with E-state index in [1.165, 1.54) is 0 Å². The molecular weight excluding hydrogens is 236 g/mol. The van der Waals surface area contributed by atoms with Crippen molar-refractivity contribution in [2.24, 2.45) is 0 Å². The van der Waals surface area contributed by atoms with Gasteiger partial charge in [-0.05, 0) is 30.5 Å². The molecule has 0 fully saturated rings. The molecule has 0 spiro atoms. The smallest absolute Gasteiger partial charge is 0.314 e. The summed E-state index contributed by atoms with van der Waals surface area (Å²) in [6.07, 6.45) is 2.99. The van der Waals surface area contributed by atoms with Crippen molar-refractivity contribution < 1.29 is 9.90 Å². The molecule has 0 aliphatic carbocycles. The second-order valence-corrected chi connectivity index (χ2v) is 4.83. The number of hydrogen-bond acceptors (Lipinski definition) is 1. The fourth-order valence-corrected chi connectivity index (χ4v) is 2.58. The van der Waals surface area contributed by atoms with E-state index >= 15 is 0 Å². The summed E-state index contributed by atoms with van der Waals surface area (Å²) < 4.78 is 0. The monoisotopic (exact) mass is 254 g/mol. The zero-order valence-corrected chi connectivity index (χ0v) is 11.1. The van der Waals surface area contributed by atoms with Crippen LogP contribution in [0.3, 0.4) is 0 Å². The molecule has 1 aromatic carbocycles. The molecule has 1 rings (SSSR count). The Bertz CT molecular complexity index is 382. The average Bonchev–Trinajstić information content (AvgIpc) is 2.28. The normalized spacial score (nSPS) is 11.5. The van der Waals surface area contributed by atoms with E-state index in [4.69, 9.17) is 11.6 Å². The van der Waals surface area contributed by atoms with Crippen LogP contribution in [0, 0.1) is 0 Å². The number of carbonyl (C=O) groups is 1. The Morgan fingerprint density at radius 1 is 1.29 bits per heavy atom. The van der Waals surface area contributed by atoms with Gasteiger partial charge in [0, 0.05) is 5.02 Å². The maximum absolute atomic E-state index is 11.7. The quantitative estimate of drug-likeness (QED) is 0.824. The highest BCUT2D eigenvalue weighted by Crippen LogP contribution is 2.35. The molecule has 17 heavy (non-hydrogen) atoms. The first-order chi connectivity index (χ1) is 8.06. The van der Waals surface area contributed by atoms with Crippen LogP contribution in [0.15, 0.2) is 24.3 Å². The number of rotatable bonds is 6. The Kier molecular flexibility index (Phi) is 5.01. The molecule has 0 heterocycles. The number of hydrogen-bond donors (Lipinski definition) is 1. The SMILES string of the molecule is CCCC(CCC)(C(=O)O)c1cccc(Cl)c1. The van der Waals surface area contributed by atoms with Crippen LogP contribution in [0.5, 0.6) is 0 Å². The van der Waals surface area contributed by atoms with E-state index in [1.54, 1.807) is 12.1 Å². The molecule has 0 bridgehead atoms. The van der Waals surface area contributed by atoms with E-state index in [0.717, 1.165) is 18.4 Å². The summed E-state index contributed by atoms with van der Waals surface area (Å²) in [6, 6.07) is 7.24. The molecule has 0 atom stereocenters. The summed E-state index contributed by atoms with van der Waals surface area (Å²) in [5, 5.41) is 10.2. The standard InChI is InChI=1S/C14H19ClO2/c1-3-8-14(9-4-2,13(16)17)11-6-5-7-12(15)10-11/h5-7,10H,3-4,8-9H2,1-2H3,(H,16,17). The number of carboxylic acid groups (broad SMARTS) is 1. The number of benzene rings is 1. The van der Waals surface area contributed by atoms with Crippen molar-refractivity contribution in [3.05, 3.63) is 34.9 Å². The third-order valence-electron chi connectivity index (χ3n) is 3.14. The first-order valence-electron chi connectivity index (χ1n) is 6.06. The van der Waals surface area contributed by atoms with Gasteiger partial charge >= 0.3 is 5.97 Å². The Balaban J connectivity index is 3.24. The van der Waals surface area contributed by atoms with Gasteiger partial charge in [-0.1, -0.05) is 50.4 Å². The molecule has 0 aliphatic rings. The van der Waals surface area contributed by atoms with Crippen LogP contribution in [-0.4, -0.2) is 11.1 Å². The van der Waals surface area contributed by atoms with Gasteiger partial charge in [0.25, 0.3) is 0 Å². The van der Waals surface area contributed by atoms with E-state index < -0.39 is 11.4 Å². The second kappa shape index (κ2) is 6.06. The molecule has 2 nitrogen and oxygen atoms in total. The predicted octanol–water partition coefficient (Wildman–Crippen LogP) is 4.26. The first-order valence-corrected chi connectivity index (χ1v) is 6.44. The van der Waals surface area contributed by atoms with Gasteiger partial charge in [0.1, 0.15) is 0 Å². The number of aliphatic carboxylic acids is 1. The van der Waals surface area contributed by atoms with E-state index in [2.05, 4.69) is 0 Å². The van der Waals surface area contributed by atoms with Crippen LogP contribution < -0.4 is 0 Å². The summed E-state index contributed by atoms with van der Waals surface area (Å²) in [4.78, 5) is 11.7. The number of carboxylic acids is 1. The van der Waals surface area contributed by atoms with E-state index in [0.29, 0.717) is 17.9 Å². The molecule has 3 heteroatoms. The van der Waals surface area contributed by atoms with E-state index in [1.807, 2.05) is 26.0 Å². The van der Waals surface area contributed by atoms with Crippen molar-refractivity contribution in [1.29, 1.82) is 0 Å². The lowest BCUT2D eigenvalue weighted by Crippen LogP contribution is -2.35. The molecule has 1 N–H and O–H groups in total. The van der Waals surface area contributed by atoms with Crippen LogP contribution in [0.1, 0.15) is 45.1 Å². The molecule has 0 radical (unpaired) electrons. The topological polar surface area (TPSA) is 37.3 Å². The van der Waals surface area contributed by atoms with Crippen LogP contribution in [0.2, 0.25) is 5.02 Å². The lowest BCUT2D eigenvalue weighted by molar-refractivity contribution is -0.144. The average molecular weight is 255 g/mol. The molecule has 0 saturated carbocycles. The summed E-state index contributed by atoms with van der Waals surface area (Å²) in [5.74, 6) is -0.747. The van der Waals surface area contributed by atoms with E-state index in [9.17, 15) is 9.90 Å². The van der Waals surface area contributed by atoms with Crippen molar-refractivity contribution in [3.63, 3.8) is 0 Å². The maximum Gasteiger partial charge on any atom is 0.314 e. The second-order valence-electron chi connectivity index (χ2n) is 4.40. The summed E-state index contributed by atoms with van der Waals surface area (Å²) in [7, 11) is 0. The minimum atomic E-state index is -0.783. The molecular formula is C14H19ClO2. The highest BCUT2D eigenvalue weighted by Gasteiger charge is 2.38. The van der Waals surface area contributed by atoms with Crippen LogP contribution >= 0.6 is 11.6 Å². The number of halogens is 1. The van der Waals surface area contributed by atoms with Crippen molar-refractivity contribution in [3.8, 4) is 0 Å². The van der Waals surface area contributed by atoms with Gasteiger partial charge in [-0.2, -0.15) is 0 Å². The third kappa shape index (κ3) is 3.01. The lowest BCUT2D eigenvalue weighted by Gasteiger charge is -2.29. The summed E-state index contributed by atoms with van der Waals surface area (Å²) in [5.41, 5.74) is 0.0372. The van der Waals surface area contributed by atoms with Gasteiger partial charge in [-0.3, -0.25) is 4.79 Å². The molecule has 0 aliphatic heterocycles. The lowest BCUT2D eigenvalue weighted by atomic mass is 9.73. The van der Waals surface area contributed by atoms with E-state index in [-0.39, 0.29) is 0 Å². The third-order valence-corrected chi connectivity index (χ3v) is 3.38. The van der Waals surface area contributed by atoms with Crippen molar-refractivity contribution in [1.82, 2.24) is 0 Å². The summed E-state index contributed by atoms with van der Waals surface area (Å²) >= 11 is 5.96. The van der Waals surface area contributed by atoms with Gasteiger partial charge in [0.05, 0.1) is 5.41 Å². The first kappa shape index (κ1) is 14.0. The highest BCUT2D eigenvalue weighted by molar-refractivity contribution is 6.30. The molecule has 0 unspecified atom stereocenters. The Hall–Kier alpha value is -1.02. The Labute approximate surface area is 108 Å². The predicted molar refractivity (Wildman–Crippen MR) is 70.6 cm³/mol. The fraction of sp³-hybridized carbons (Fsp3) is 0.500. The maximum atomic E-state index is 11.7. The minimum Gasteiger partial charge on any atom is -0.481 e. The van der Waals surface area contributed by atoms with Gasteiger partial charge in [-0.15, -0.1) is 0 Å². The molecule has 94 valence electrons. The highest BCUT2D eigenvalue weighted by atomic mass is 35.5. The summed E-state index contributed by atoms with van der Waals surface area (Å²) in [6.45, 7) is 4.02. The zero-order valence-electron chi connectivity index (χ0n) is 10.4. The molecule has 0 aromatic heterocycles. The molecule has 0 amide bonds. The minimum absolute atomic E-state index is 0.598. The Morgan fingerprint density at radius 3 is 2.29 bits per heavy atom. The van der Waals surface area contributed by atoms with Gasteiger partial charge in [0.2, 0.25) is 0 Å². The molecule has 1 aromatic rings. The molecule has 0 saturated heterocycles. The van der Waals surface area contributed by atoms with Crippen molar-refractivity contribution in [2.45, 2.75) is 44.9 Å². The van der Waals surface area contributed by atoms with Crippen LogP contribution in [0.4, 0.5) is 0 Å². The van der Waals surface area contributed by atoms with Crippen LogP contribution in [0.25, 0.3) is 0 Å². The van der Waals surface area contributed by atoms with Crippen molar-refractivity contribution >= 4 is 17.6 Å². The largest absolute Gasteiger partial charge is 0.481 e. The van der Waals surface area contributed by atoms with Crippen LogP contribution in [-0.2, 0) is 10.2 Å². The zero-order chi connectivity index (χ0) is 12.9. The van der Waals surface area contributed by atoms with Crippen molar-refractivity contribution in [2.75, 3.05) is 0 Å². The van der Waals surface area contributed by atoms with Gasteiger partial charge < -0.3 is 5.11 Å². The van der Waals surface area contributed by atoms with Gasteiger partial charge in [0.15, 0.2) is 0 Å². The van der Waals surface area contributed by atoms with Gasteiger partial charge in [-0.25, -0.2) is 0 Å². The Morgan fingerprint density at radius 2 is 1.88 bits per heavy atom.